The number of ether oxygens (including phenoxy) is 1. The molecule has 0 bridgehead atoms. The van der Waals surface area contributed by atoms with E-state index in [0.29, 0.717) is 0 Å². The molecule has 0 saturated heterocycles. The van der Waals surface area contributed by atoms with Crippen molar-refractivity contribution in [2.45, 2.75) is 12.5 Å². The molecule has 1 unspecified atom stereocenters. The van der Waals surface area contributed by atoms with Gasteiger partial charge in [-0.1, -0.05) is 0 Å². The number of esters is 1. The molecule has 0 aliphatic rings. The number of carbonyl (C=O) groups is 1. The van der Waals surface area contributed by atoms with Crippen LogP contribution in [-0.2, 0) is 4.74 Å². The molecule has 0 amide bonds. The Balaban J connectivity index is 2.82. The average molecular weight is 222 g/mol. The molecule has 6 heteroatoms. The van der Waals surface area contributed by atoms with Gasteiger partial charge in [-0.25, -0.2) is 13.6 Å². The highest BCUT2D eigenvalue weighted by Gasteiger charge is 2.22. The van der Waals surface area contributed by atoms with Crippen molar-refractivity contribution in [1.82, 2.24) is 0 Å². The Bertz CT molecular complexity index is 324. The maximum atomic E-state index is 12.0. The van der Waals surface area contributed by atoms with Crippen LogP contribution in [0, 0.1) is 0 Å². The fraction of sp³-hybridized carbons (Fsp3) is 0.375. The first-order valence-corrected chi connectivity index (χ1v) is 4.57. The molecule has 1 aromatic heterocycles. The van der Waals surface area contributed by atoms with Gasteiger partial charge < -0.3 is 9.84 Å². The summed E-state index contributed by atoms with van der Waals surface area (Å²) >= 11 is 0.899. The summed E-state index contributed by atoms with van der Waals surface area (Å²) in [5, 5.41) is 10.3. The van der Waals surface area contributed by atoms with Gasteiger partial charge in [-0.15, -0.1) is 11.3 Å². The standard InChI is InChI=1S/C8H8F2O3S/c1-13-8(12)4-2-5(14-3-4)6(11)7(9)10/h2-3,6-7,11H,1H3. The van der Waals surface area contributed by atoms with Crippen LogP contribution in [0.1, 0.15) is 21.3 Å². The minimum absolute atomic E-state index is 0.0559. The lowest BCUT2D eigenvalue weighted by molar-refractivity contribution is -0.00374. The van der Waals surface area contributed by atoms with E-state index in [1.165, 1.54) is 18.6 Å². The quantitative estimate of drug-likeness (QED) is 0.793. The van der Waals surface area contributed by atoms with E-state index in [2.05, 4.69) is 4.74 Å². The Morgan fingerprint density at radius 3 is 2.79 bits per heavy atom. The lowest BCUT2D eigenvalue weighted by Gasteiger charge is -2.04. The van der Waals surface area contributed by atoms with Gasteiger partial charge in [0.1, 0.15) is 6.10 Å². The summed E-state index contributed by atoms with van der Waals surface area (Å²) in [7, 11) is 1.20. The fourth-order valence-electron chi connectivity index (χ4n) is 0.857. The summed E-state index contributed by atoms with van der Waals surface area (Å²) in [4.78, 5) is 11.0. The number of halogens is 2. The van der Waals surface area contributed by atoms with Crippen molar-refractivity contribution in [1.29, 1.82) is 0 Å². The van der Waals surface area contributed by atoms with Gasteiger partial charge in [0.25, 0.3) is 6.43 Å². The number of hydrogen-bond donors (Lipinski definition) is 1. The molecular weight excluding hydrogens is 214 g/mol. The molecule has 0 radical (unpaired) electrons. The smallest absolute Gasteiger partial charge is 0.338 e. The van der Waals surface area contributed by atoms with Crippen molar-refractivity contribution >= 4 is 17.3 Å². The normalized spacial score (nSPS) is 12.9. The van der Waals surface area contributed by atoms with Gasteiger partial charge in [-0.2, -0.15) is 0 Å². The number of aliphatic hydroxyl groups excluding tert-OH is 1. The predicted octanol–water partition coefficient (Wildman–Crippen LogP) is 1.83. The second kappa shape index (κ2) is 4.47. The monoisotopic (exact) mass is 222 g/mol. The Hall–Kier alpha value is -1.01. The molecule has 14 heavy (non-hydrogen) atoms. The summed E-state index contributed by atoms with van der Waals surface area (Å²) in [6, 6.07) is 1.20. The minimum atomic E-state index is -2.85. The Kier molecular flexibility index (Phi) is 3.54. The van der Waals surface area contributed by atoms with Crippen LogP contribution in [0.2, 0.25) is 0 Å². The van der Waals surface area contributed by atoms with E-state index in [4.69, 9.17) is 5.11 Å². The number of methoxy groups -OCH3 is 1. The summed E-state index contributed by atoms with van der Waals surface area (Å²) in [6.45, 7) is 0. The van der Waals surface area contributed by atoms with Crippen molar-refractivity contribution < 1.29 is 23.4 Å². The number of hydrogen-bond acceptors (Lipinski definition) is 4. The third-order valence-corrected chi connectivity index (χ3v) is 2.57. The molecule has 0 spiro atoms. The van der Waals surface area contributed by atoms with E-state index in [9.17, 15) is 13.6 Å². The topological polar surface area (TPSA) is 46.5 Å². The zero-order valence-corrected chi connectivity index (χ0v) is 8.05. The van der Waals surface area contributed by atoms with E-state index in [1.54, 1.807) is 0 Å². The third-order valence-electron chi connectivity index (χ3n) is 1.57. The van der Waals surface area contributed by atoms with Crippen molar-refractivity contribution in [3.05, 3.63) is 21.9 Å². The highest BCUT2D eigenvalue weighted by molar-refractivity contribution is 7.10. The SMILES string of the molecule is COC(=O)c1csc(C(O)C(F)F)c1. The van der Waals surface area contributed by atoms with Crippen LogP contribution in [0.5, 0.6) is 0 Å². The molecule has 3 nitrogen and oxygen atoms in total. The van der Waals surface area contributed by atoms with Crippen LogP contribution >= 0.6 is 11.3 Å². The number of alkyl halides is 2. The summed E-state index contributed by atoms with van der Waals surface area (Å²) in [5.41, 5.74) is 0.173. The zero-order chi connectivity index (χ0) is 10.7. The van der Waals surface area contributed by atoms with Crippen molar-refractivity contribution in [3.8, 4) is 0 Å². The highest BCUT2D eigenvalue weighted by Crippen LogP contribution is 2.26. The fourth-order valence-corrected chi connectivity index (χ4v) is 1.72. The molecule has 1 atom stereocenters. The van der Waals surface area contributed by atoms with Gasteiger partial charge in [0.05, 0.1) is 12.7 Å². The van der Waals surface area contributed by atoms with Crippen LogP contribution in [0.4, 0.5) is 8.78 Å². The molecule has 0 aliphatic heterocycles. The van der Waals surface area contributed by atoms with Gasteiger partial charge in [-0.05, 0) is 6.07 Å². The van der Waals surface area contributed by atoms with Crippen molar-refractivity contribution in [3.63, 3.8) is 0 Å². The second-order valence-electron chi connectivity index (χ2n) is 2.51. The molecule has 0 aliphatic carbocycles. The van der Waals surface area contributed by atoms with Crippen LogP contribution < -0.4 is 0 Å². The van der Waals surface area contributed by atoms with Gasteiger partial charge in [-0.3, -0.25) is 0 Å². The maximum Gasteiger partial charge on any atom is 0.338 e. The molecule has 1 aromatic rings. The van der Waals surface area contributed by atoms with Crippen LogP contribution in [0.3, 0.4) is 0 Å². The molecule has 0 aromatic carbocycles. The molecule has 0 fully saturated rings. The molecule has 0 saturated carbocycles. The first kappa shape index (κ1) is 11.1. The number of rotatable bonds is 3. The zero-order valence-electron chi connectivity index (χ0n) is 7.24. The Labute approximate surface area is 82.9 Å². The van der Waals surface area contributed by atoms with Crippen molar-refractivity contribution in [2.75, 3.05) is 7.11 Å². The summed E-state index contributed by atoms with van der Waals surface area (Å²) in [5.74, 6) is -0.603. The molecule has 78 valence electrons. The van der Waals surface area contributed by atoms with E-state index < -0.39 is 18.5 Å². The van der Waals surface area contributed by atoms with E-state index in [1.807, 2.05) is 0 Å². The summed E-state index contributed by atoms with van der Waals surface area (Å²) in [6.07, 6.45) is -4.68. The molecule has 1 rings (SSSR count). The minimum Gasteiger partial charge on any atom is -0.465 e. The van der Waals surface area contributed by atoms with E-state index in [0.717, 1.165) is 11.3 Å². The van der Waals surface area contributed by atoms with Gasteiger partial charge in [0, 0.05) is 10.3 Å². The van der Waals surface area contributed by atoms with Crippen LogP contribution in [0.25, 0.3) is 0 Å². The van der Waals surface area contributed by atoms with Crippen molar-refractivity contribution in [2.24, 2.45) is 0 Å². The summed E-state index contributed by atoms with van der Waals surface area (Å²) < 4.78 is 28.5. The third kappa shape index (κ3) is 2.27. The number of thiophene rings is 1. The molecular formula is C8H8F2O3S. The highest BCUT2D eigenvalue weighted by atomic mass is 32.1. The van der Waals surface area contributed by atoms with E-state index in [-0.39, 0.29) is 10.4 Å². The van der Waals surface area contributed by atoms with Crippen LogP contribution in [0.15, 0.2) is 11.4 Å². The Morgan fingerprint density at radius 1 is 1.64 bits per heavy atom. The van der Waals surface area contributed by atoms with Crippen LogP contribution in [-0.4, -0.2) is 24.6 Å². The lowest BCUT2D eigenvalue weighted by atomic mass is 10.2. The maximum absolute atomic E-state index is 12.0. The van der Waals surface area contributed by atoms with E-state index >= 15 is 0 Å². The first-order valence-electron chi connectivity index (χ1n) is 3.69. The second-order valence-corrected chi connectivity index (χ2v) is 3.45. The lowest BCUT2D eigenvalue weighted by Crippen LogP contribution is -2.06. The van der Waals surface area contributed by atoms with Gasteiger partial charge in [0.15, 0.2) is 0 Å². The Morgan fingerprint density at radius 2 is 2.29 bits per heavy atom. The number of carbonyl (C=O) groups excluding carboxylic acids is 1. The van der Waals surface area contributed by atoms with Gasteiger partial charge >= 0.3 is 5.97 Å². The number of aliphatic hydroxyl groups is 1. The average Bonchev–Trinajstić information content (AvgIpc) is 2.64. The van der Waals surface area contributed by atoms with Gasteiger partial charge in [0.2, 0.25) is 0 Å². The predicted molar refractivity (Wildman–Crippen MR) is 46.6 cm³/mol. The molecule has 1 N–H and O–H groups in total. The largest absolute Gasteiger partial charge is 0.465 e. The first-order chi connectivity index (χ1) is 6.56. The molecule has 1 heterocycles.